The highest BCUT2D eigenvalue weighted by molar-refractivity contribution is 14.0. The van der Waals surface area contributed by atoms with Crippen LogP contribution in [0.25, 0.3) is 5.69 Å². The number of nitrogens with one attached hydrogen (secondary N) is 2. The van der Waals surface area contributed by atoms with E-state index in [9.17, 15) is 4.39 Å². The molecule has 0 atom stereocenters. The zero-order valence-corrected chi connectivity index (χ0v) is 18.4. The Hall–Kier alpha value is -1.64. The number of nitrogens with zero attached hydrogens (tertiary/aromatic N) is 3. The number of imidazole rings is 1. The Kier molecular flexibility index (Phi) is 8.53. The van der Waals surface area contributed by atoms with Crippen LogP contribution in [0.15, 0.2) is 35.6 Å². The first kappa shape index (κ1) is 21.7. The van der Waals surface area contributed by atoms with Gasteiger partial charge in [-0.15, -0.1) is 24.0 Å². The lowest BCUT2D eigenvalue weighted by Gasteiger charge is -2.24. The Morgan fingerprint density at radius 1 is 1.30 bits per heavy atom. The van der Waals surface area contributed by atoms with Gasteiger partial charge in [0, 0.05) is 25.0 Å². The third kappa shape index (κ3) is 5.92. The van der Waals surface area contributed by atoms with Crippen molar-refractivity contribution < 1.29 is 4.39 Å². The SMILES string of the molecule is CCNC(=NCc1ccc(-n2ccnc2C)c(F)c1)NC1CCCCC1.I. The normalized spacial score (nSPS) is 15.3. The Bertz CT molecular complexity index is 753. The fourth-order valence-corrected chi connectivity index (χ4v) is 3.41. The Balaban J connectivity index is 0.00000261. The number of guanidine groups is 1. The number of hydrogen-bond acceptors (Lipinski definition) is 2. The molecular formula is C20H29FIN5. The zero-order chi connectivity index (χ0) is 18.4. The van der Waals surface area contributed by atoms with Crippen molar-refractivity contribution in [1.82, 2.24) is 20.2 Å². The summed E-state index contributed by atoms with van der Waals surface area (Å²) in [5.41, 5.74) is 1.37. The topological polar surface area (TPSA) is 54.2 Å². The van der Waals surface area contributed by atoms with E-state index in [0.717, 1.165) is 23.9 Å². The first-order valence-electron chi connectivity index (χ1n) is 9.51. The van der Waals surface area contributed by atoms with Crippen molar-refractivity contribution in [1.29, 1.82) is 0 Å². The number of benzene rings is 1. The van der Waals surface area contributed by atoms with Crippen LogP contribution in [0, 0.1) is 12.7 Å². The van der Waals surface area contributed by atoms with Gasteiger partial charge in [-0.2, -0.15) is 0 Å². The van der Waals surface area contributed by atoms with E-state index in [2.05, 4.69) is 27.5 Å². The zero-order valence-electron chi connectivity index (χ0n) is 16.0. The van der Waals surface area contributed by atoms with Crippen LogP contribution < -0.4 is 10.6 Å². The predicted octanol–water partition coefficient (Wildman–Crippen LogP) is 4.33. The van der Waals surface area contributed by atoms with E-state index in [4.69, 9.17) is 0 Å². The highest BCUT2D eigenvalue weighted by Gasteiger charge is 2.14. The molecule has 2 N–H and O–H groups in total. The van der Waals surface area contributed by atoms with Crippen molar-refractivity contribution in [3.05, 3.63) is 47.8 Å². The van der Waals surface area contributed by atoms with E-state index < -0.39 is 0 Å². The van der Waals surface area contributed by atoms with Gasteiger partial charge in [0.1, 0.15) is 11.6 Å². The molecule has 0 unspecified atom stereocenters. The molecular weight excluding hydrogens is 456 g/mol. The molecule has 1 heterocycles. The van der Waals surface area contributed by atoms with Crippen LogP contribution in [-0.4, -0.2) is 28.1 Å². The van der Waals surface area contributed by atoms with Crippen molar-refractivity contribution in [2.75, 3.05) is 6.54 Å². The molecule has 0 amide bonds. The van der Waals surface area contributed by atoms with Crippen molar-refractivity contribution in [2.24, 2.45) is 4.99 Å². The lowest BCUT2D eigenvalue weighted by Crippen LogP contribution is -2.44. The quantitative estimate of drug-likeness (QED) is 0.377. The molecule has 0 bridgehead atoms. The Labute approximate surface area is 177 Å². The fourth-order valence-electron chi connectivity index (χ4n) is 3.41. The van der Waals surface area contributed by atoms with E-state index in [1.54, 1.807) is 29.1 Å². The third-order valence-corrected chi connectivity index (χ3v) is 4.81. The molecule has 5 nitrogen and oxygen atoms in total. The average molecular weight is 485 g/mol. The van der Waals surface area contributed by atoms with Gasteiger partial charge in [0.15, 0.2) is 5.96 Å². The average Bonchev–Trinajstić information content (AvgIpc) is 3.06. The second-order valence-electron chi connectivity index (χ2n) is 6.80. The van der Waals surface area contributed by atoms with Crippen LogP contribution in [0.2, 0.25) is 0 Å². The number of rotatable bonds is 5. The van der Waals surface area contributed by atoms with E-state index in [-0.39, 0.29) is 29.8 Å². The van der Waals surface area contributed by atoms with Crippen molar-refractivity contribution in [3.63, 3.8) is 0 Å². The van der Waals surface area contributed by atoms with E-state index in [1.807, 2.05) is 13.0 Å². The number of aryl methyl sites for hydroxylation is 1. The number of aromatic nitrogens is 2. The molecule has 1 saturated carbocycles. The van der Waals surface area contributed by atoms with Gasteiger partial charge in [0.25, 0.3) is 0 Å². The van der Waals surface area contributed by atoms with Crippen molar-refractivity contribution in [2.45, 2.75) is 58.5 Å². The predicted molar refractivity (Wildman–Crippen MR) is 118 cm³/mol. The Morgan fingerprint density at radius 2 is 2.07 bits per heavy atom. The first-order valence-corrected chi connectivity index (χ1v) is 9.51. The van der Waals surface area contributed by atoms with Gasteiger partial charge in [-0.3, -0.25) is 0 Å². The number of hydrogen-bond donors (Lipinski definition) is 2. The van der Waals surface area contributed by atoms with Gasteiger partial charge in [0.2, 0.25) is 0 Å². The molecule has 1 fully saturated rings. The van der Waals surface area contributed by atoms with Gasteiger partial charge in [-0.05, 0) is 44.4 Å². The number of aliphatic imine (C=N–C) groups is 1. The highest BCUT2D eigenvalue weighted by atomic mass is 127. The molecule has 0 saturated heterocycles. The maximum atomic E-state index is 14.5. The lowest BCUT2D eigenvalue weighted by atomic mass is 9.96. The van der Waals surface area contributed by atoms with Crippen LogP contribution in [0.4, 0.5) is 4.39 Å². The van der Waals surface area contributed by atoms with Crippen LogP contribution >= 0.6 is 24.0 Å². The molecule has 1 aliphatic rings. The smallest absolute Gasteiger partial charge is 0.191 e. The fraction of sp³-hybridized carbons (Fsp3) is 0.500. The molecule has 1 aromatic heterocycles. The third-order valence-electron chi connectivity index (χ3n) is 4.81. The van der Waals surface area contributed by atoms with Crippen molar-refractivity contribution in [3.8, 4) is 5.69 Å². The van der Waals surface area contributed by atoms with E-state index >= 15 is 0 Å². The summed E-state index contributed by atoms with van der Waals surface area (Å²) in [7, 11) is 0. The minimum Gasteiger partial charge on any atom is -0.357 e. The summed E-state index contributed by atoms with van der Waals surface area (Å²) in [6.07, 6.45) is 9.70. The molecule has 1 aromatic carbocycles. The van der Waals surface area contributed by atoms with Gasteiger partial charge >= 0.3 is 0 Å². The standard InChI is InChI=1S/C20H28FN5.HI/c1-3-22-20(25-17-7-5-4-6-8-17)24-14-16-9-10-19(18(21)13-16)26-12-11-23-15(26)2;/h9-13,17H,3-8,14H2,1-2H3,(H2,22,24,25);1H. The summed E-state index contributed by atoms with van der Waals surface area (Å²) in [6, 6.07) is 5.76. The first-order chi connectivity index (χ1) is 12.7. The summed E-state index contributed by atoms with van der Waals surface area (Å²) in [5.74, 6) is 1.32. The second kappa shape index (κ2) is 10.6. The molecule has 0 aliphatic heterocycles. The number of halogens is 2. The molecule has 148 valence electrons. The summed E-state index contributed by atoms with van der Waals surface area (Å²) >= 11 is 0. The van der Waals surface area contributed by atoms with Gasteiger partial charge < -0.3 is 15.2 Å². The summed E-state index contributed by atoms with van der Waals surface area (Å²) < 4.78 is 16.3. The molecule has 27 heavy (non-hydrogen) atoms. The summed E-state index contributed by atoms with van der Waals surface area (Å²) in [5, 5.41) is 6.80. The van der Waals surface area contributed by atoms with E-state index in [1.165, 1.54) is 32.1 Å². The van der Waals surface area contributed by atoms with Gasteiger partial charge in [-0.1, -0.05) is 25.3 Å². The highest BCUT2D eigenvalue weighted by Crippen LogP contribution is 2.18. The molecule has 0 spiro atoms. The minimum absolute atomic E-state index is 0. The molecule has 1 aliphatic carbocycles. The largest absolute Gasteiger partial charge is 0.357 e. The monoisotopic (exact) mass is 485 g/mol. The lowest BCUT2D eigenvalue weighted by molar-refractivity contribution is 0.410. The molecule has 7 heteroatoms. The minimum atomic E-state index is -0.260. The molecule has 2 aromatic rings. The molecule has 3 rings (SSSR count). The van der Waals surface area contributed by atoms with Crippen LogP contribution in [0.3, 0.4) is 0 Å². The molecule has 0 radical (unpaired) electrons. The van der Waals surface area contributed by atoms with Crippen LogP contribution in [-0.2, 0) is 6.54 Å². The van der Waals surface area contributed by atoms with Gasteiger partial charge in [0.05, 0.1) is 12.2 Å². The summed E-state index contributed by atoms with van der Waals surface area (Å²) in [4.78, 5) is 8.79. The second-order valence-corrected chi connectivity index (χ2v) is 6.80. The maximum absolute atomic E-state index is 14.5. The van der Waals surface area contributed by atoms with E-state index in [0.29, 0.717) is 18.3 Å². The van der Waals surface area contributed by atoms with Gasteiger partial charge in [-0.25, -0.2) is 14.4 Å². The van der Waals surface area contributed by atoms with Crippen molar-refractivity contribution >= 4 is 29.9 Å². The van der Waals surface area contributed by atoms with Crippen LogP contribution in [0.1, 0.15) is 50.4 Å². The Morgan fingerprint density at radius 3 is 2.70 bits per heavy atom. The summed E-state index contributed by atoms with van der Waals surface area (Å²) in [6.45, 7) is 5.17. The maximum Gasteiger partial charge on any atom is 0.191 e. The van der Waals surface area contributed by atoms with Crippen LogP contribution in [0.5, 0.6) is 0 Å².